The summed E-state index contributed by atoms with van der Waals surface area (Å²) in [6.45, 7) is 2.42. The van der Waals surface area contributed by atoms with E-state index in [9.17, 15) is 10.1 Å². The van der Waals surface area contributed by atoms with Gasteiger partial charge in [0, 0.05) is 12.2 Å². The Labute approximate surface area is 156 Å². The topological polar surface area (TPSA) is 102 Å². The molecule has 0 aliphatic rings. The van der Waals surface area contributed by atoms with Gasteiger partial charge in [0.1, 0.15) is 12.1 Å². The van der Waals surface area contributed by atoms with E-state index in [1.165, 1.54) is 6.33 Å². The first-order chi connectivity index (χ1) is 13.1. The molecule has 0 aliphatic heterocycles. The van der Waals surface area contributed by atoms with Gasteiger partial charge in [0.2, 0.25) is 11.6 Å². The van der Waals surface area contributed by atoms with E-state index in [1.807, 2.05) is 31.2 Å². The molecule has 2 aromatic carbocycles. The molecule has 0 saturated heterocycles. The van der Waals surface area contributed by atoms with Gasteiger partial charge in [0.25, 0.3) is 0 Å². The van der Waals surface area contributed by atoms with Crippen molar-refractivity contribution in [3.63, 3.8) is 0 Å². The number of aromatic nitrogens is 2. The van der Waals surface area contributed by atoms with Gasteiger partial charge in [-0.05, 0) is 36.8 Å². The maximum absolute atomic E-state index is 11.6. The lowest BCUT2D eigenvalue weighted by atomic mass is 10.1. The second-order valence-corrected chi connectivity index (χ2v) is 5.87. The zero-order valence-electron chi connectivity index (χ0n) is 15.0. The van der Waals surface area contributed by atoms with Crippen LogP contribution in [-0.2, 0) is 6.54 Å². The summed E-state index contributed by atoms with van der Waals surface area (Å²) in [5.74, 6) is 0.969. The van der Waals surface area contributed by atoms with Crippen LogP contribution in [0.1, 0.15) is 11.1 Å². The average molecular weight is 365 g/mol. The van der Waals surface area contributed by atoms with Crippen molar-refractivity contribution in [1.82, 2.24) is 9.97 Å². The largest absolute Gasteiger partial charge is 0.497 e. The molecule has 2 N–H and O–H groups in total. The van der Waals surface area contributed by atoms with E-state index in [0.29, 0.717) is 18.0 Å². The molecule has 0 saturated carbocycles. The van der Waals surface area contributed by atoms with E-state index in [-0.39, 0.29) is 17.3 Å². The fourth-order valence-electron chi connectivity index (χ4n) is 2.48. The van der Waals surface area contributed by atoms with Crippen molar-refractivity contribution < 1.29 is 9.66 Å². The molecule has 0 amide bonds. The molecule has 138 valence electrons. The van der Waals surface area contributed by atoms with Crippen molar-refractivity contribution >= 4 is 23.0 Å². The summed E-state index contributed by atoms with van der Waals surface area (Å²) in [4.78, 5) is 19.2. The van der Waals surface area contributed by atoms with Crippen LogP contribution in [-0.4, -0.2) is 22.0 Å². The van der Waals surface area contributed by atoms with Crippen molar-refractivity contribution in [2.45, 2.75) is 13.5 Å². The van der Waals surface area contributed by atoms with Crippen molar-refractivity contribution in [2.75, 3.05) is 17.7 Å². The number of anilines is 3. The number of aryl methyl sites for hydroxylation is 1. The minimum absolute atomic E-state index is 0.117. The lowest BCUT2D eigenvalue weighted by molar-refractivity contribution is -0.383. The number of nitro groups is 1. The van der Waals surface area contributed by atoms with Crippen molar-refractivity contribution in [2.24, 2.45) is 0 Å². The van der Waals surface area contributed by atoms with Crippen molar-refractivity contribution in [1.29, 1.82) is 0 Å². The summed E-state index contributed by atoms with van der Waals surface area (Å²) in [5, 5.41) is 17.6. The van der Waals surface area contributed by atoms with Crippen LogP contribution in [0.2, 0.25) is 0 Å². The summed E-state index contributed by atoms with van der Waals surface area (Å²) >= 11 is 0. The molecule has 8 nitrogen and oxygen atoms in total. The second-order valence-electron chi connectivity index (χ2n) is 5.87. The van der Waals surface area contributed by atoms with Crippen LogP contribution in [0.15, 0.2) is 54.9 Å². The first-order valence-corrected chi connectivity index (χ1v) is 8.26. The number of nitrogens with one attached hydrogen (secondary N) is 2. The Morgan fingerprint density at radius 3 is 2.33 bits per heavy atom. The number of rotatable bonds is 7. The predicted octanol–water partition coefficient (Wildman–Crippen LogP) is 4.06. The number of nitrogens with zero attached hydrogens (tertiary/aromatic N) is 3. The number of methoxy groups -OCH3 is 1. The van der Waals surface area contributed by atoms with E-state index >= 15 is 0 Å². The molecule has 1 aromatic heterocycles. The summed E-state index contributed by atoms with van der Waals surface area (Å²) in [7, 11) is 1.57. The first kappa shape index (κ1) is 18.1. The van der Waals surface area contributed by atoms with Gasteiger partial charge < -0.3 is 15.4 Å². The fourth-order valence-corrected chi connectivity index (χ4v) is 2.48. The summed E-state index contributed by atoms with van der Waals surface area (Å²) in [6, 6.07) is 14.9. The van der Waals surface area contributed by atoms with Gasteiger partial charge in [-0.2, -0.15) is 0 Å². The van der Waals surface area contributed by atoms with E-state index in [2.05, 4.69) is 20.6 Å². The van der Waals surface area contributed by atoms with Crippen LogP contribution < -0.4 is 15.4 Å². The molecule has 0 atom stereocenters. The quantitative estimate of drug-likeness (QED) is 0.481. The molecule has 3 aromatic rings. The zero-order chi connectivity index (χ0) is 19.2. The number of hydrogen-bond donors (Lipinski definition) is 2. The van der Waals surface area contributed by atoms with Crippen LogP contribution in [0.5, 0.6) is 5.75 Å². The zero-order valence-corrected chi connectivity index (χ0v) is 15.0. The van der Waals surface area contributed by atoms with Crippen molar-refractivity contribution in [3.05, 3.63) is 76.1 Å². The SMILES string of the molecule is COc1ccc(Nc2ncnc(NCc3ccc(C)cc3)c2[N+](=O)[O-])cc1. The average Bonchev–Trinajstić information content (AvgIpc) is 2.68. The fraction of sp³-hybridized carbons (Fsp3) is 0.158. The normalized spacial score (nSPS) is 10.3. The Morgan fingerprint density at radius 2 is 1.70 bits per heavy atom. The number of ether oxygens (including phenoxy) is 1. The summed E-state index contributed by atoms with van der Waals surface area (Å²) in [5.41, 5.74) is 2.60. The highest BCUT2D eigenvalue weighted by molar-refractivity contribution is 5.73. The van der Waals surface area contributed by atoms with Crippen LogP contribution in [0, 0.1) is 17.0 Å². The molecule has 8 heteroatoms. The Hall–Kier alpha value is -3.68. The highest BCUT2D eigenvalue weighted by atomic mass is 16.6. The predicted molar refractivity (Wildman–Crippen MR) is 103 cm³/mol. The highest BCUT2D eigenvalue weighted by Crippen LogP contribution is 2.31. The summed E-state index contributed by atoms with van der Waals surface area (Å²) in [6.07, 6.45) is 1.29. The Balaban J connectivity index is 1.83. The highest BCUT2D eigenvalue weighted by Gasteiger charge is 2.23. The molecular weight excluding hydrogens is 346 g/mol. The number of hydrogen-bond acceptors (Lipinski definition) is 7. The maximum Gasteiger partial charge on any atom is 0.353 e. The third kappa shape index (κ3) is 4.49. The van der Waals surface area contributed by atoms with Gasteiger partial charge in [-0.15, -0.1) is 0 Å². The smallest absolute Gasteiger partial charge is 0.353 e. The minimum Gasteiger partial charge on any atom is -0.497 e. The van der Waals surface area contributed by atoms with Crippen LogP contribution in [0.3, 0.4) is 0 Å². The molecule has 0 spiro atoms. The molecule has 0 unspecified atom stereocenters. The number of benzene rings is 2. The molecule has 0 radical (unpaired) electrons. The van der Waals surface area contributed by atoms with Crippen LogP contribution >= 0.6 is 0 Å². The third-order valence-electron chi connectivity index (χ3n) is 3.94. The molecule has 27 heavy (non-hydrogen) atoms. The van der Waals surface area contributed by atoms with Crippen molar-refractivity contribution in [3.8, 4) is 5.75 Å². The molecule has 0 aliphatic carbocycles. The van der Waals surface area contributed by atoms with Gasteiger partial charge in [0.15, 0.2) is 0 Å². The second kappa shape index (κ2) is 8.13. The Bertz CT molecular complexity index is 927. The standard InChI is InChI=1S/C19H19N5O3/c1-13-3-5-14(6-4-13)11-20-18-17(24(25)26)19(22-12-21-18)23-15-7-9-16(27-2)10-8-15/h3-10,12H,11H2,1-2H3,(H2,20,21,22,23). The first-order valence-electron chi connectivity index (χ1n) is 8.26. The Kier molecular flexibility index (Phi) is 5.46. The van der Waals surface area contributed by atoms with Crippen LogP contribution in [0.25, 0.3) is 0 Å². The van der Waals surface area contributed by atoms with Gasteiger partial charge in [-0.3, -0.25) is 10.1 Å². The van der Waals surface area contributed by atoms with Gasteiger partial charge in [0.05, 0.1) is 12.0 Å². The monoisotopic (exact) mass is 365 g/mol. The maximum atomic E-state index is 11.6. The molecule has 0 fully saturated rings. The molecular formula is C19H19N5O3. The molecule has 3 rings (SSSR count). The minimum atomic E-state index is -0.497. The van der Waals surface area contributed by atoms with E-state index in [4.69, 9.17) is 4.74 Å². The Morgan fingerprint density at radius 1 is 1.04 bits per heavy atom. The third-order valence-corrected chi connectivity index (χ3v) is 3.94. The molecule has 0 bridgehead atoms. The van der Waals surface area contributed by atoms with Gasteiger partial charge in [-0.1, -0.05) is 29.8 Å². The van der Waals surface area contributed by atoms with E-state index in [0.717, 1.165) is 11.1 Å². The van der Waals surface area contributed by atoms with Crippen LogP contribution in [0.4, 0.5) is 23.0 Å². The lowest BCUT2D eigenvalue weighted by Gasteiger charge is -2.10. The van der Waals surface area contributed by atoms with Gasteiger partial charge in [-0.25, -0.2) is 9.97 Å². The van der Waals surface area contributed by atoms with E-state index in [1.54, 1.807) is 31.4 Å². The lowest BCUT2D eigenvalue weighted by Crippen LogP contribution is -2.08. The molecule has 1 heterocycles. The van der Waals surface area contributed by atoms with E-state index < -0.39 is 4.92 Å². The summed E-state index contributed by atoms with van der Waals surface area (Å²) < 4.78 is 5.11. The van der Waals surface area contributed by atoms with Gasteiger partial charge >= 0.3 is 5.69 Å².